The van der Waals surface area contributed by atoms with Crippen LogP contribution in [0.1, 0.15) is 31.2 Å². The molecule has 0 unspecified atom stereocenters. The van der Waals surface area contributed by atoms with Gasteiger partial charge in [0.05, 0.1) is 5.92 Å². The highest BCUT2D eigenvalue weighted by Gasteiger charge is 2.32. The van der Waals surface area contributed by atoms with Crippen LogP contribution in [-0.4, -0.2) is 49.9 Å². The van der Waals surface area contributed by atoms with Gasteiger partial charge < -0.3 is 15.0 Å². The zero-order valence-corrected chi connectivity index (χ0v) is 19.3. The Balaban J connectivity index is 1.16. The Bertz CT molecular complexity index is 930. The highest BCUT2D eigenvalue weighted by molar-refractivity contribution is 5.80. The SMILES string of the molecule is O=C(NCCC1CCN(Cc2ccccc2)CC1)[C@H]1CCN(c2cccc(OC(F)(F)F)c2)C1. The summed E-state index contributed by atoms with van der Waals surface area (Å²) in [6, 6.07) is 16.5. The number of halogens is 3. The molecule has 2 heterocycles. The summed E-state index contributed by atoms with van der Waals surface area (Å²) in [5.41, 5.74) is 1.98. The van der Waals surface area contributed by atoms with Gasteiger partial charge in [-0.3, -0.25) is 9.69 Å². The molecule has 34 heavy (non-hydrogen) atoms. The van der Waals surface area contributed by atoms with Crippen molar-refractivity contribution in [2.75, 3.05) is 37.6 Å². The number of carbonyl (C=O) groups excluding carboxylic acids is 1. The summed E-state index contributed by atoms with van der Waals surface area (Å²) in [5, 5.41) is 3.08. The lowest BCUT2D eigenvalue weighted by Gasteiger charge is -2.32. The van der Waals surface area contributed by atoms with Crippen molar-refractivity contribution in [2.24, 2.45) is 11.8 Å². The van der Waals surface area contributed by atoms with Crippen LogP contribution in [-0.2, 0) is 11.3 Å². The number of nitrogens with zero attached hydrogens (tertiary/aromatic N) is 2. The van der Waals surface area contributed by atoms with E-state index < -0.39 is 6.36 Å². The van der Waals surface area contributed by atoms with Crippen molar-refractivity contribution in [3.63, 3.8) is 0 Å². The number of carbonyl (C=O) groups is 1. The molecule has 2 aliphatic rings. The van der Waals surface area contributed by atoms with Crippen LogP contribution in [0.3, 0.4) is 0 Å². The molecule has 0 bridgehead atoms. The lowest BCUT2D eigenvalue weighted by atomic mass is 9.93. The zero-order chi connectivity index (χ0) is 24.0. The van der Waals surface area contributed by atoms with E-state index in [2.05, 4.69) is 39.2 Å². The van der Waals surface area contributed by atoms with Gasteiger partial charge in [-0.1, -0.05) is 36.4 Å². The molecule has 8 heteroatoms. The third kappa shape index (κ3) is 7.13. The number of benzene rings is 2. The van der Waals surface area contributed by atoms with E-state index in [4.69, 9.17) is 0 Å². The second-order valence-corrected chi connectivity index (χ2v) is 9.26. The Morgan fingerprint density at radius 3 is 2.50 bits per heavy atom. The quantitative estimate of drug-likeness (QED) is 0.594. The van der Waals surface area contributed by atoms with Crippen LogP contribution in [0.25, 0.3) is 0 Å². The van der Waals surface area contributed by atoms with E-state index in [0.29, 0.717) is 37.7 Å². The van der Waals surface area contributed by atoms with E-state index in [-0.39, 0.29) is 17.6 Å². The summed E-state index contributed by atoms with van der Waals surface area (Å²) in [5.74, 6) is 0.267. The summed E-state index contributed by atoms with van der Waals surface area (Å²) in [6.07, 6.45) is -0.747. The number of anilines is 1. The minimum Gasteiger partial charge on any atom is -0.406 e. The lowest BCUT2D eigenvalue weighted by Crippen LogP contribution is -2.36. The van der Waals surface area contributed by atoms with Gasteiger partial charge in [-0.05, 0) is 62.4 Å². The van der Waals surface area contributed by atoms with Crippen LogP contribution in [0.15, 0.2) is 54.6 Å². The molecule has 2 aromatic rings. The lowest BCUT2D eigenvalue weighted by molar-refractivity contribution is -0.274. The van der Waals surface area contributed by atoms with E-state index in [1.54, 1.807) is 6.07 Å². The molecule has 0 radical (unpaired) electrons. The molecule has 0 saturated carbocycles. The Morgan fingerprint density at radius 1 is 1.00 bits per heavy atom. The van der Waals surface area contributed by atoms with Crippen molar-refractivity contribution in [2.45, 2.75) is 38.6 Å². The molecule has 0 aromatic heterocycles. The maximum Gasteiger partial charge on any atom is 0.573 e. The number of rotatable bonds is 8. The summed E-state index contributed by atoms with van der Waals surface area (Å²) in [6.45, 7) is 4.97. The maximum absolute atomic E-state index is 12.7. The third-order valence-electron chi connectivity index (χ3n) is 6.78. The average Bonchev–Trinajstić information content (AvgIpc) is 3.31. The number of likely N-dealkylation sites (tertiary alicyclic amines) is 1. The van der Waals surface area contributed by atoms with Gasteiger partial charge in [0.2, 0.25) is 5.91 Å². The Kier molecular flexibility index (Phi) is 7.98. The minimum absolute atomic E-state index is 0.0340. The fourth-order valence-corrected chi connectivity index (χ4v) is 4.90. The fraction of sp³-hybridized carbons (Fsp3) is 0.500. The van der Waals surface area contributed by atoms with Crippen molar-refractivity contribution < 1.29 is 22.7 Å². The van der Waals surface area contributed by atoms with E-state index in [9.17, 15) is 18.0 Å². The predicted molar refractivity (Wildman–Crippen MR) is 126 cm³/mol. The highest BCUT2D eigenvalue weighted by atomic mass is 19.4. The van der Waals surface area contributed by atoms with Crippen molar-refractivity contribution in [1.82, 2.24) is 10.2 Å². The molecule has 1 atom stereocenters. The van der Waals surface area contributed by atoms with Gasteiger partial charge in [-0.2, -0.15) is 0 Å². The zero-order valence-electron chi connectivity index (χ0n) is 19.3. The first-order valence-corrected chi connectivity index (χ1v) is 12.0. The number of ether oxygens (including phenoxy) is 1. The number of hydrogen-bond acceptors (Lipinski definition) is 4. The van der Waals surface area contributed by atoms with Gasteiger partial charge in [0.25, 0.3) is 0 Å². The van der Waals surface area contributed by atoms with Gasteiger partial charge in [0.1, 0.15) is 5.75 Å². The van der Waals surface area contributed by atoms with Crippen molar-refractivity contribution in [1.29, 1.82) is 0 Å². The molecule has 0 aliphatic carbocycles. The van der Waals surface area contributed by atoms with Crippen LogP contribution < -0.4 is 15.0 Å². The molecule has 2 saturated heterocycles. The van der Waals surface area contributed by atoms with Crippen LogP contribution in [0.5, 0.6) is 5.75 Å². The Labute approximate surface area is 198 Å². The van der Waals surface area contributed by atoms with Gasteiger partial charge in [0, 0.05) is 37.9 Å². The second kappa shape index (κ2) is 11.1. The van der Waals surface area contributed by atoms with E-state index in [1.807, 2.05) is 11.0 Å². The van der Waals surface area contributed by atoms with Crippen molar-refractivity contribution in [3.8, 4) is 5.75 Å². The molecular weight excluding hydrogens is 443 g/mol. The third-order valence-corrected chi connectivity index (χ3v) is 6.78. The van der Waals surface area contributed by atoms with Crippen molar-refractivity contribution >= 4 is 11.6 Å². The molecule has 2 fully saturated rings. The van der Waals surface area contributed by atoms with Gasteiger partial charge in [0.15, 0.2) is 0 Å². The summed E-state index contributed by atoms with van der Waals surface area (Å²) >= 11 is 0. The van der Waals surface area contributed by atoms with Crippen molar-refractivity contribution in [3.05, 3.63) is 60.2 Å². The molecule has 0 spiro atoms. The first-order valence-electron chi connectivity index (χ1n) is 12.0. The molecule has 1 amide bonds. The summed E-state index contributed by atoms with van der Waals surface area (Å²) in [7, 11) is 0. The Hall–Kier alpha value is -2.74. The van der Waals surface area contributed by atoms with Gasteiger partial charge in [-0.25, -0.2) is 0 Å². The standard InChI is InChI=1S/C26H32F3N3O2/c27-26(28,29)34-24-8-4-7-23(17-24)32-16-12-22(19-32)25(33)30-13-9-20-10-14-31(15-11-20)18-21-5-2-1-3-6-21/h1-8,17,20,22H,9-16,18-19H2,(H,30,33)/t22-/m0/s1. The highest BCUT2D eigenvalue weighted by Crippen LogP contribution is 2.30. The normalized spacial score (nSPS) is 19.9. The maximum atomic E-state index is 12.7. The smallest absolute Gasteiger partial charge is 0.406 e. The van der Waals surface area contributed by atoms with Crippen LogP contribution in [0, 0.1) is 11.8 Å². The number of nitrogens with one attached hydrogen (secondary N) is 1. The molecular formula is C26H32F3N3O2. The topological polar surface area (TPSA) is 44.8 Å². The van der Waals surface area contributed by atoms with Crippen LogP contribution in [0.4, 0.5) is 18.9 Å². The molecule has 1 N–H and O–H groups in total. The molecule has 5 nitrogen and oxygen atoms in total. The largest absolute Gasteiger partial charge is 0.573 e. The first kappa shape index (κ1) is 24.4. The van der Waals surface area contributed by atoms with E-state index in [0.717, 1.165) is 38.9 Å². The Morgan fingerprint density at radius 2 is 1.76 bits per heavy atom. The molecule has 184 valence electrons. The number of amides is 1. The second-order valence-electron chi connectivity index (χ2n) is 9.26. The summed E-state index contributed by atoms with van der Waals surface area (Å²) < 4.78 is 41.5. The van der Waals surface area contributed by atoms with Gasteiger partial charge in [-0.15, -0.1) is 13.2 Å². The van der Waals surface area contributed by atoms with E-state index >= 15 is 0 Å². The number of alkyl halides is 3. The fourth-order valence-electron chi connectivity index (χ4n) is 4.90. The first-order chi connectivity index (χ1) is 16.4. The van der Waals surface area contributed by atoms with Crippen LogP contribution in [0.2, 0.25) is 0 Å². The predicted octanol–water partition coefficient (Wildman–Crippen LogP) is 4.83. The number of hydrogen-bond donors (Lipinski definition) is 1. The minimum atomic E-state index is -4.72. The van der Waals surface area contributed by atoms with Gasteiger partial charge >= 0.3 is 6.36 Å². The summed E-state index contributed by atoms with van der Waals surface area (Å²) in [4.78, 5) is 17.1. The van der Waals surface area contributed by atoms with Crippen LogP contribution >= 0.6 is 0 Å². The molecule has 2 aromatic carbocycles. The molecule has 2 aliphatic heterocycles. The molecule has 4 rings (SSSR count). The average molecular weight is 476 g/mol. The number of piperidine rings is 1. The van der Waals surface area contributed by atoms with E-state index in [1.165, 1.54) is 23.8 Å². The monoisotopic (exact) mass is 475 g/mol.